The Hall–Kier alpha value is -1.21. The van der Waals surface area contributed by atoms with Gasteiger partial charge in [0.15, 0.2) is 0 Å². The van der Waals surface area contributed by atoms with Crippen LogP contribution in [0.25, 0.3) is 0 Å². The lowest BCUT2D eigenvalue weighted by Gasteiger charge is -2.21. The van der Waals surface area contributed by atoms with Crippen LogP contribution in [0.3, 0.4) is 0 Å². The highest BCUT2D eigenvalue weighted by molar-refractivity contribution is 5.81. The third kappa shape index (κ3) is 4.72. The molecule has 0 bridgehead atoms. The second kappa shape index (κ2) is 7.54. The number of hydrogen-bond donors (Lipinski definition) is 1. The molecule has 2 fully saturated rings. The average molecular weight is 286 g/mol. The SMILES string of the molecule is O=C(NCCCOCC1CCOCC1)[C@@H]1C[C@H]1[N+](=O)[O-]. The van der Waals surface area contributed by atoms with Crippen molar-refractivity contribution >= 4 is 5.91 Å². The Morgan fingerprint density at radius 1 is 1.40 bits per heavy atom. The highest BCUT2D eigenvalue weighted by atomic mass is 16.6. The van der Waals surface area contributed by atoms with E-state index in [4.69, 9.17) is 9.47 Å². The summed E-state index contributed by atoms with van der Waals surface area (Å²) in [4.78, 5) is 21.6. The van der Waals surface area contributed by atoms with Crippen molar-refractivity contribution in [3.63, 3.8) is 0 Å². The molecule has 7 heteroatoms. The fraction of sp³-hybridized carbons (Fsp3) is 0.923. The lowest BCUT2D eigenvalue weighted by Crippen LogP contribution is -2.29. The van der Waals surface area contributed by atoms with Crippen LogP contribution in [0.2, 0.25) is 0 Å². The quantitative estimate of drug-likeness (QED) is 0.401. The summed E-state index contributed by atoms with van der Waals surface area (Å²) in [5.74, 6) is -0.0325. The van der Waals surface area contributed by atoms with Crippen LogP contribution in [0.5, 0.6) is 0 Å². The van der Waals surface area contributed by atoms with Crippen molar-refractivity contribution < 1.29 is 19.2 Å². The molecule has 20 heavy (non-hydrogen) atoms. The normalized spacial score (nSPS) is 26.2. The zero-order valence-corrected chi connectivity index (χ0v) is 11.6. The first-order valence-electron chi connectivity index (χ1n) is 7.25. The van der Waals surface area contributed by atoms with Crippen molar-refractivity contribution in [3.8, 4) is 0 Å². The minimum Gasteiger partial charge on any atom is -0.381 e. The predicted molar refractivity (Wildman–Crippen MR) is 70.9 cm³/mol. The summed E-state index contributed by atoms with van der Waals surface area (Å²) in [5, 5.41) is 13.2. The Kier molecular flexibility index (Phi) is 5.72. The number of hydrogen-bond acceptors (Lipinski definition) is 5. The van der Waals surface area contributed by atoms with Gasteiger partial charge in [0, 0.05) is 44.3 Å². The number of amides is 1. The van der Waals surface area contributed by atoms with Crippen molar-refractivity contribution in [2.75, 3.05) is 33.0 Å². The third-order valence-corrected chi connectivity index (χ3v) is 3.82. The molecule has 114 valence electrons. The molecule has 1 heterocycles. The van der Waals surface area contributed by atoms with E-state index in [1.807, 2.05) is 0 Å². The summed E-state index contributed by atoms with van der Waals surface area (Å²) in [6.07, 6.45) is 3.23. The summed E-state index contributed by atoms with van der Waals surface area (Å²) in [6, 6.07) is -0.667. The van der Waals surface area contributed by atoms with E-state index >= 15 is 0 Å². The van der Waals surface area contributed by atoms with E-state index in [2.05, 4.69) is 5.32 Å². The van der Waals surface area contributed by atoms with Crippen molar-refractivity contribution in [1.82, 2.24) is 5.32 Å². The molecule has 1 aliphatic heterocycles. The number of nitrogens with zero attached hydrogens (tertiary/aromatic N) is 1. The van der Waals surface area contributed by atoms with E-state index in [9.17, 15) is 14.9 Å². The van der Waals surface area contributed by atoms with Gasteiger partial charge >= 0.3 is 0 Å². The third-order valence-electron chi connectivity index (χ3n) is 3.82. The summed E-state index contributed by atoms with van der Waals surface area (Å²) < 4.78 is 10.8. The highest BCUT2D eigenvalue weighted by Crippen LogP contribution is 2.32. The van der Waals surface area contributed by atoms with Crippen molar-refractivity contribution in [1.29, 1.82) is 0 Å². The monoisotopic (exact) mass is 286 g/mol. The Morgan fingerprint density at radius 2 is 2.15 bits per heavy atom. The number of nitro groups is 1. The van der Waals surface area contributed by atoms with Gasteiger partial charge < -0.3 is 14.8 Å². The van der Waals surface area contributed by atoms with Crippen LogP contribution in [0.4, 0.5) is 0 Å². The smallest absolute Gasteiger partial charge is 0.230 e. The van der Waals surface area contributed by atoms with Gasteiger partial charge in [-0.1, -0.05) is 0 Å². The summed E-state index contributed by atoms with van der Waals surface area (Å²) >= 11 is 0. The van der Waals surface area contributed by atoms with E-state index in [1.54, 1.807) is 0 Å². The van der Waals surface area contributed by atoms with Gasteiger partial charge in [0.25, 0.3) is 0 Å². The first-order chi connectivity index (χ1) is 9.68. The van der Waals surface area contributed by atoms with E-state index in [0.29, 0.717) is 25.5 Å². The summed E-state index contributed by atoms with van der Waals surface area (Å²) in [6.45, 7) is 3.53. The number of ether oxygens (including phenoxy) is 2. The summed E-state index contributed by atoms with van der Waals surface area (Å²) in [5.41, 5.74) is 0. The van der Waals surface area contributed by atoms with E-state index in [1.165, 1.54) is 0 Å². The molecule has 0 spiro atoms. The molecule has 2 atom stereocenters. The van der Waals surface area contributed by atoms with Crippen molar-refractivity contribution in [2.45, 2.75) is 31.7 Å². The van der Waals surface area contributed by atoms with Gasteiger partial charge in [-0.2, -0.15) is 0 Å². The molecule has 2 aliphatic rings. The Morgan fingerprint density at radius 3 is 2.80 bits per heavy atom. The number of rotatable bonds is 8. The molecule has 2 rings (SSSR count). The van der Waals surface area contributed by atoms with Crippen LogP contribution in [0.15, 0.2) is 0 Å². The van der Waals surface area contributed by atoms with Gasteiger partial charge in [-0.15, -0.1) is 0 Å². The van der Waals surface area contributed by atoms with E-state index in [-0.39, 0.29) is 10.8 Å². The maximum Gasteiger partial charge on any atom is 0.230 e. The maximum absolute atomic E-state index is 11.5. The fourth-order valence-electron chi connectivity index (χ4n) is 2.38. The van der Waals surface area contributed by atoms with Gasteiger partial charge in [0.1, 0.15) is 5.92 Å². The lowest BCUT2D eigenvalue weighted by atomic mass is 10.0. The number of carbonyl (C=O) groups excluding carboxylic acids is 1. The molecule has 1 saturated heterocycles. The molecule has 1 saturated carbocycles. The maximum atomic E-state index is 11.5. The average Bonchev–Trinajstić information content (AvgIpc) is 3.24. The molecule has 7 nitrogen and oxygen atoms in total. The van der Waals surface area contributed by atoms with Gasteiger partial charge in [0.2, 0.25) is 11.9 Å². The Balaban J connectivity index is 1.44. The van der Waals surface area contributed by atoms with Crippen LogP contribution in [0, 0.1) is 22.0 Å². The minimum atomic E-state index is -0.667. The highest BCUT2D eigenvalue weighted by Gasteiger charge is 2.53. The predicted octanol–water partition coefficient (Wildman–Crippen LogP) is 0.601. The number of nitrogens with one attached hydrogen (secondary N) is 1. The molecule has 1 amide bonds. The molecule has 0 aromatic heterocycles. The van der Waals surface area contributed by atoms with Crippen LogP contribution in [-0.4, -0.2) is 49.8 Å². The lowest BCUT2D eigenvalue weighted by molar-refractivity contribution is -0.497. The second-order valence-electron chi connectivity index (χ2n) is 5.47. The van der Waals surface area contributed by atoms with E-state index < -0.39 is 12.0 Å². The van der Waals surface area contributed by atoms with Gasteiger partial charge in [-0.05, 0) is 25.2 Å². The zero-order chi connectivity index (χ0) is 14.4. The van der Waals surface area contributed by atoms with Crippen LogP contribution in [0.1, 0.15) is 25.7 Å². The zero-order valence-electron chi connectivity index (χ0n) is 11.6. The first kappa shape index (κ1) is 15.2. The van der Waals surface area contributed by atoms with Gasteiger partial charge in [0.05, 0.1) is 0 Å². The standard InChI is InChI=1S/C13H22N2O5/c16-13(11-8-12(11)15(17)18)14-4-1-5-20-9-10-2-6-19-7-3-10/h10-12H,1-9H2,(H,14,16)/t11-,12-/m1/s1. The van der Waals surface area contributed by atoms with Crippen LogP contribution >= 0.6 is 0 Å². The van der Waals surface area contributed by atoms with Crippen molar-refractivity contribution in [3.05, 3.63) is 10.1 Å². The molecular weight excluding hydrogens is 264 g/mol. The first-order valence-corrected chi connectivity index (χ1v) is 7.25. The molecule has 0 aromatic carbocycles. The van der Waals surface area contributed by atoms with Crippen molar-refractivity contribution in [2.24, 2.45) is 11.8 Å². The second-order valence-corrected chi connectivity index (χ2v) is 5.47. The molecule has 0 radical (unpaired) electrons. The largest absolute Gasteiger partial charge is 0.381 e. The molecule has 0 unspecified atom stereocenters. The number of carbonyl (C=O) groups is 1. The molecule has 1 N–H and O–H groups in total. The van der Waals surface area contributed by atoms with Crippen LogP contribution < -0.4 is 5.32 Å². The van der Waals surface area contributed by atoms with E-state index in [0.717, 1.165) is 39.1 Å². The Bertz CT molecular complexity index is 344. The minimum absolute atomic E-state index is 0.198. The van der Waals surface area contributed by atoms with Crippen LogP contribution in [-0.2, 0) is 14.3 Å². The topological polar surface area (TPSA) is 90.7 Å². The molecule has 1 aliphatic carbocycles. The fourth-order valence-corrected chi connectivity index (χ4v) is 2.38. The summed E-state index contributed by atoms with van der Waals surface area (Å²) in [7, 11) is 0. The molecular formula is C13H22N2O5. The Labute approximate surface area is 118 Å². The van der Waals surface area contributed by atoms with Gasteiger partial charge in [-0.3, -0.25) is 14.9 Å². The molecule has 0 aromatic rings. The van der Waals surface area contributed by atoms with Gasteiger partial charge in [-0.25, -0.2) is 0 Å².